The summed E-state index contributed by atoms with van der Waals surface area (Å²) < 4.78 is 0.800. The zero-order valence-corrected chi connectivity index (χ0v) is 13.8. The van der Waals surface area contributed by atoms with Gasteiger partial charge in [-0.3, -0.25) is 0 Å². The summed E-state index contributed by atoms with van der Waals surface area (Å²) in [4.78, 5) is 23.0. The first-order valence-electron chi connectivity index (χ1n) is 6.24. The van der Waals surface area contributed by atoms with E-state index in [0.717, 1.165) is 10.0 Å². The van der Waals surface area contributed by atoms with E-state index in [1.165, 1.54) is 12.1 Å². The van der Waals surface area contributed by atoms with E-state index in [4.69, 9.17) is 16.7 Å². The molecule has 22 heavy (non-hydrogen) atoms. The van der Waals surface area contributed by atoms with Crippen molar-refractivity contribution in [3.63, 3.8) is 0 Å². The highest BCUT2D eigenvalue weighted by molar-refractivity contribution is 9.10. The van der Waals surface area contributed by atoms with Crippen molar-refractivity contribution in [1.82, 2.24) is 0 Å². The molecule has 0 saturated heterocycles. The fraction of sp³-hybridized carbons (Fsp3) is 0.0667. The van der Waals surface area contributed by atoms with E-state index in [0.29, 0.717) is 16.4 Å². The predicted octanol–water partition coefficient (Wildman–Crippen LogP) is 4.75. The van der Waals surface area contributed by atoms with Crippen molar-refractivity contribution in [3.8, 4) is 0 Å². The minimum Gasteiger partial charge on any atom is -0.478 e. The summed E-state index contributed by atoms with van der Waals surface area (Å²) in [6.45, 7) is 1.77. The number of carbonyl (C=O) groups is 2. The van der Waals surface area contributed by atoms with Crippen LogP contribution in [0.2, 0.25) is 5.02 Å². The van der Waals surface area contributed by atoms with E-state index in [2.05, 4.69) is 26.6 Å². The monoisotopic (exact) mass is 382 g/mol. The molecular weight excluding hydrogens is 372 g/mol. The van der Waals surface area contributed by atoms with Gasteiger partial charge in [0.15, 0.2) is 0 Å². The molecule has 0 aliphatic carbocycles. The lowest BCUT2D eigenvalue weighted by Crippen LogP contribution is -2.20. The Hall–Kier alpha value is -2.05. The third-order valence-corrected chi connectivity index (χ3v) is 3.72. The Morgan fingerprint density at radius 3 is 2.41 bits per heavy atom. The van der Waals surface area contributed by atoms with Crippen LogP contribution in [0.4, 0.5) is 16.2 Å². The van der Waals surface area contributed by atoms with Crippen molar-refractivity contribution < 1.29 is 14.7 Å². The second-order valence-corrected chi connectivity index (χ2v) is 5.86. The van der Waals surface area contributed by atoms with E-state index in [1.807, 2.05) is 0 Å². The number of aromatic carboxylic acids is 1. The number of aryl methyl sites for hydroxylation is 1. The van der Waals surface area contributed by atoms with Crippen molar-refractivity contribution in [1.29, 1.82) is 0 Å². The van der Waals surface area contributed by atoms with E-state index in [1.54, 1.807) is 31.2 Å². The summed E-state index contributed by atoms with van der Waals surface area (Å²) >= 11 is 9.30. The molecule has 0 atom stereocenters. The van der Waals surface area contributed by atoms with Gasteiger partial charge in [0.25, 0.3) is 0 Å². The van der Waals surface area contributed by atoms with Gasteiger partial charge in [-0.25, -0.2) is 9.59 Å². The van der Waals surface area contributed by atoms with Gasteiger partial charge in [-0.2, -0.15) is 0 Å². The van der Waals surface area contributed by atoms with Crippen molar-refractivity contribution in [2.24, 2.45) is 0 Å². The third kappa shape index (κ3) is 3.99. The molecule has 0 aliphatic heterocycles. The zero-order chi connectivity index (χ0) is 16.3. The van der Waals surface area contributed by atoms with Gasteiger partial charge in [0, 0.05) is 10.2 Å². The third-order valence-electron chi connectivity index (χ3n) is 2.91. The molecule has 0 bridgehead atoms. The molecule has 0 radical (unpaired) electrons. The number of rotatable bonds is 3. The molecule has 0 saturated carbocycles. The van der Waals surface area contributed by atoms with Crippen molar-refractivity contribution in [3.05, 3.63) is 57.0 Å². The average molecular weight is 384 g/mol. The van der Waals surface area contributed by atoms with E-state index >= 15 is 0 Å². The Bertz CT molecular complexity index is 750. The predicted molar refractivity (Wildman–Crippen MR) is 89.9 cm³/mol. The lowest BCUT2D eigenvalue weighted by Gasteiger charge is -2.11. The van der Waals surface area contributed by atoms with E-state index in [-0.39, 0.29) is 5.56 Å². The van der Waals surface area contributed by atoms with Gasteiger partial charge in [0.05, 0.1) is 16.3 Å². The Morgan fingerprint density at radius 2 is 1.77 bits per heavy atom. The van der Waals surface area contributed by atoms with E-state index < -0.39 is 12.0 Å². The molecule has 0 fully saturated rings. The van der Waals surface area contributed by atoms with Gasteiger partial charge >= 0.3 is 12.0 Å². The molecule has 2 rings (SSSR count). The maximum absolute atomic E-state index is 12.0. The number of hydrogen-bond donors (Lipinski definition) is 3. The van der Waals surface area contributed by atoms with Gasteiger partial charge in [0.1, 0.15) is 0 Å². The van der Waals surface area contributed by atoms with Crippen LogP contribution < -0.4 is 10.6 Å². The first-order valence-corrected chi connectivity index (χ1v) is 7.41. The molecule has 0 spiro atoms. The minimum absolute atomic E-state index is 0.0996. The van der Waals surface area contributed by atoms with Crippen LogP contribution in [-0.4, -0.2) is 17.1 Å². The fourth-order valence-electron chi connectivity index (χ4n) is 1.76. The summed E-state index contributed by atoms with van der Waals surface area (Å²) in [6.07, 6.45) is 0. The Morgan fingerprint density at radius 1 is 1.09 bits per heavy atom. The summed E-state index contributed by atoms with van der Waals surface area (Å²) in [5.41, 5.74) is 1.73. The van der Waals surface area contributed by atoms with Crippen molar-refractivity contribution in [2.75, 3.05) is 10.6 Å². The normalized spacial score (nSPS) is 10.1. The number of anilines is 2. The Labute approximate surface area is 140 Å². The van der Waals surface area contributed by atoms with Gasteiger partial charge in [-0.1, -0.05) is 33.6 Å². The highest BCUT2D eigenvalue weighted by Gasteiger charge is 2.10. The van der Waals surface area contributed by atoms with Crippen LogP contribution >= 0.6 is 27.5 Å². The molecule has 2 amide bonds. The van der Waals surface area contributed by atoms with Gasteiger partial charge in [-0.05, 0) is 42.8 Å². The number of halogens is 2. The SMILES string of the molecule is Cc1ccc(C(=O)O)cc1NC(=O)Nc1ccc(Br)cc1Cl. The van der Waals surface area contributed by atoms with E-state index in [9.17, 15) is 9.59 Å². The van der Waals surface area contributed by atoms with Crippen LogP contribution in [0, 0.1) is 6.92 Å². The highest BCUT2D eigenvalue weighted by Crippen LogP contribution is 2.26. The average Bonchev–Trinajstić information content (AvgIpc) is 2.44. The number of carboxylic acids is 1. The Kier molecular flexibility index (Phi) is 5.05. The van der Waals surface area contributed by atoms with Crippen LogP contribution in [0.3, 0.4) is 0 Å². The van der Waals surface area contributed by atoms with Crippen LogP contribution in [0.15, 0.2) is 40.9 Å². The molecule has 114 valence electrons. The van der Waals surface area contributed by atoms with Gasteiger partial charge in [-0.15, -0.1) is 0 Å². The molecule has 5 nitrogen and oxygen atoms in total. The standard InChI is InChI=1S/C15H12BrClN2O3/c1-8-2-3-9(14(20)21)6-13(8)19-15(22)18-12-5-4-10(16)7-11(12)17/h2-7H,1H3,(H,20,21)(H2,18,19,22). The van der Waals surface area contributed by atoms with Gasteiger partial charge < -0.3 is 15.7 Å². The van der Waals surface area contributed by atoms with Gasteiger partial charge in [0.2, 0.25) is 0 Å². The molecule has 0 aromatic heterocycles. The number of carbonyl (C=O) groups excluding carboxylic acids is 1. The molecule has 0 unspecified atom stereocenters. The first-order chi connectivity index (χ1) is 10.4. The summed E-state index contributed by atoms with van der Waals surface area (Å²) in [7, 11) is 0. The molecule has 7 heteroatoms. The lowest BCUT2D eigenvalue weighted by atomic mass is 10.1. The summed E-state index contributed by atoms with van der Waals surface area (Å²) in [6, 6.07) is 9.07. The number of benzene rings is 2. The van der Waals surface area contributed by atoms with Crippen molar-refractivity contribution >= 4 is 50.9 Å². The summed E-state index contributed by atoms with van der Waals surface area (Å²) in [5, 5.41) is 14.6. The molecule has 2 aromatic rings. The molecule has 0 aliphatic rings. The number of hydrogen-bond acceptors (Lipinski definition) is 2. The molecular formula is C15H12BrClN2O3. The number of amides is 2. The number of carboxylic acid groups (broad SMARTS) is 1. The molecule has 2 aromatic carbocycles. The Balaban J connectivity index is 2.15. The lowest BCUT2D eigenvalue weighted by molar-refractivity contribution is 0.0697. The maximum Gasteiger partial charge on any atom is 0.335 e. The maximum atomic E-state index is 12.0. The van der Waals surface area contributed by atoms with Crippen LogP contribution in [0.1, 0.15) is 15.9 Å². The summed E-state index contributed by atoms with van der Waals surface area (Å²) in [5.74, 6) is -1.06. The van der Waals surface area contributed by atoms with Crippen LogP contribution in [-0.2, 0) is 0 Å². The van der Waals surface area contributed by atoms with Crippen molar-refractivity contribution in [2.45, 2.75) is 6.92 Å². The fourth-order valence-corrected chi connectivity index (χ4v) is 2.48. The minimum atomic E-state index is -1.06. The number of nitrogens with one attached hydrogen (secondary N) is 2. The quantitative estimate of drug-likeness (QED) is 0.715. The van der Waals surface area contributed by atoms with Crippen LogP contribution in [0.5, 0.6) is 0 Å². The number of urea groups is 1. The first kappa shape index (κ1) is 16.3. The topological polar surface area (TPSA) is 78.4 Å². The molecule has 0 heterocycles. The highest BCUT2D eigenvalue weighted by atomic mass is 79.9. The second-order valence-electron chi connectivity index (χ2n) is 4.54. The largest absolute Gasteiger partial charge is 0.478 e. The zero-order valence-electron chi connectivity index (χ0n) is 11.5. The molecule has 3 N–H and O–H groups in total. The van der Waals surface area contributed by atoms with Crippen LogP contribution in [0.25, 0.3) is 0 Å². The smallest absolute Gasteiger partial charge is 0.335 e. The second kappa shape index (κ2) is 6.81.